The molecule has 7 heteroatoms. The molecular formula is C12H11ClN2O4. The van der Waals surface area contributed by atoms with Gasteiger partial charge in [0.2, 0.25) is 5.76 Å². The SMILES string of the molecule is COc1cc(C(=O)Nc2ccc(OC)c(Cl)c2)on1. The first-order chi connectivity index (χ1) is 9.13. The number of carbonyl (C=O) groups is 1. The van der Waals surface area contributed by atoms with E-state index in [-0.39, 0.29) is 11.6 Å². The smallest absolute Gasteiger partial charge is 0.294 e. The summed E-state index contributed by atoms with van der Waals surface area (Å²) in [7, 11) is 2.95. The summed E-state index contributed by atoms with van der Waals surface area (Å²) in [5, 5.41) is 6.56. The maximum absolute atomic E-state index is 11.8. The lowest BCUT2D eigenvalue weighted by atomic mass is 10.3. The Morgan fingerprint density at radius 2 is 2.11 bits per heavy atom. The van der Waals surface area contributed by atoms with Gasteiger partial charge in [0.05, 0.1) is 25.3 Å². The standard InChI is InChI=1S/C12H11ClN2O4/c1-17-9-4-3-7(5-8(9)13)14-12(16)10-6-11(18-2)15-19-10/h3-6H,1-2H3,(H,14,16). The van der Waals surface area contributed by atoms with Crippen LogP contribution in [0.3, 0.4) is 0 Å². The fraction of sp³-hybridized carbons (Fsp3) is 0.167. The van der Waals surface area contributed by atoms with Gasteiger partial charge in [-0.2, -0.15) is 0 Å². The normalized spacial score (nSPS) is 10.1. The van der Waals surface area contributed by atoms with Gasteiger partial charge in [-0.1, -0.05) is 11.6 Å². The molecule has 0 saturated carbocycles. The van der Waals surface area contributed by atoms with Crippen LogP contribution in [0.5, 0.6) is 11.6 Å². The van der Waals surface area contributed by atoms with Gasteiger partial charge in [0.1, 0.15) is 5.75 Å². The fourth-order valence-corrected chi connectivity index (χ4v) is 1.66. The maximum Gasteiger partial charge on any atom is 0.294 e. The molecule has 1 N–H and O–H groups in total. The molecule has 1 amide bonds. The number of anilines is 1. The average Bonchev–Trinajstić information content (AvgIpc) is 2.88. The first-order valence-electron chi connectivity index (χ1n) is 5.29. The van der Waals surface area contributed by atoms with E-state index in [1.54, 1.807) is 18.2 Å². The van der Waals surface area contributed by atoms with Gasteiger partial charge >= 0.3 is 0 Å². The highest BCUT2D eigenvalue weighted by Crippen LogP contribution is 2.27. The van der Waals surface area contributed by atoms with E-state index in [0.717, 1.165) is 0 Å². The zero-order valence-electron chi connectivity index (χ0n) is 10.3. The summed E-state index contributed by atoms with van der Waals surface area (Å²) in [4.78, 5) is 11.8. The second-order valence-electron chi connectivity index (χ2n) is 3.54. The van der Waals surface area contributed by atoms with Gasteiger partial charge in [0.25, 0.3) is 11.8 Å². The third-order valence-electron chi connectivity index (χ3n) is 2.33. The molecule has 0 aliphatic carbocycles. The van der Waals surface area contributed by atoms with E-state index in [1.807, 2.05) is 0 Å². The van der Waals surface area contributed by atoms with Gasteiger partial charge < -0.3 is 19.3 Å². The molecule has 0 unspecified atom stereocenters. The van der Waals surface area contributed by atoms with Crippen molar-refractivity contribution >= 4 is 23.2 Å². The Morgan fingerprint density at radius 1 is 1.32 bits per heavy atom. The number of hydrogen-bond acceptors (Lipinski definition) is 5. The van der Waals surface area contributed by atoms with Crippen LogP contribution in [0.2, 0.25) is 5.02 Å². The van der Waals surface area contributed by atoms with Crippen molar-refractivity contribution < 1.29 is 18.8 Å². The highest BCUT2D eigenvalue weighted by Gasteiger charge is 2.14. The number of halogens is 1. The minimum atomic E-state index is -0.447. The summed E-state index contributed by atoms with van der Waals surface area (Å²) in [6, 6.07) is 6.28. The highest BCUT2D eigenvalue weighted by atomic mass is 35.5. The molecule has 2 aromatic rings. The number of methoxy groups -OCH3 is 2. The van der Waals surface area contributed by atoms with Crippen molar-refractivity contribution in [1.82, 2.24) is 5.16 Å². The molecule has 1 heterocycles. The Hall–Kier alpha value is -2.21. The number of aromatic nitrogens is 1. The third kappa shape index (κ3) is 2.97. The van der Waals surface area contributed by atoms with Crippen LogP contribution in [0.25, 0.3) is 0 Å². The zero-order valence-corrected chi connectivity index (χ0v) is 11.0. The lowest BCUT2D eigenvalue weighted by Gasteiger charge is -2.06. The monoisotopic (exact) mass is 282 g/mol. The predicted molar refractivity (Wildman–Crippen MR) is 69.0 cm³/mol. The molecule has 100 valence electrons. The summed E-state index contributed by atoms with van der Waals surface area (Å²) in [6.45, 7) is 0. The van der Waals surface area contributed by atoms with Crippen molar-refractivity contribution in [2.75, 3.05) is 19.5 Å². The number of carbonyl (C=O) groups excluding carboxylic acids is 1. The molecule has 0 aliphatic heterocycles. The van der Waals surface area contributed by atoms with Crippen LogP contribution in [0, 0.1) is 0 Å². The van der Waals surface area contributed by atoms with Crippen molar-refractivity contribution in [2.24, 2.45) is 0 Å². The van der Waals surface area contributed by atoms with Gasteiger partial charge in [0, 0.05) is 5.69 Å². The van der Waals surface area contributed by atoms with Gasteiger partial charge in [0.15, 0.2) is 0 Å². The Labute approximate surface area is 114 Å². The number of nitrogens with one attached hydrogen (secondary N) is 1. The number of hydrogen-bond donors (Lipinski definition) is 1. The molecule has 1 aromatic carbocycles. The van der Waals surface area contributed by atoms with Crippen molar-refractivity contribution in [3.63, 3.8) is 0 Å². The van der Waals surface area contributed by atoms with E-state index in [4.69, 9.17) is 25.6 Å². The van der Waals surface area contributed by atoms with E-state index in [9.17, 15) is 4.79 Å². The molecule has 6 nitrogen and oxygen atoms in total. The van der Waals surface area contributed by atoms with E-state index in [2.05, 4.69) is 10.5 Å². The first-order valence-corrected chi connectivity index (χ1v) is 5.67. The molecule has 0 atom stereocenters. The zero-order chi connectivity index (χ0) is 13.8. The Bertz CT molecular complexity index is 597. The van der Waals surface area contributed by atoms with Crippen LogP contribution in [-0.2, 0) is 0 Å². The minimum absolute atomic E-state index is 0.0452. The van der Waals surface area contributed by atoms with Crippen molar-refractivity contribution in [2.45, 2.75) is 0 Å². The molecule has 1 aromatic heterocycles. The number of benzene rings is 1. The molecule has 0 fully saturated rings. The molecule has 0 saturated heterocycles. The Morgan fingerprint density at radius 3 is 2.68 bits per heavy atom. The summed E-state index contributed by atoms with van der Waals surface area (Å²) in [6.07, 6.45) is 0. The summed E-state index contributed by atoms with van der Waals surface area (Å²) in [5.74, 6) is 0.361. The lowest BCUT2D eigenvalue weighted by molar-refractivity contribution is 0.0987. The van der Waals surface area contributed by atoms with Crippen LogP contribution in [0.15, 0.2) is 28.8 Å². The van der Waals surface area contributed by atoms with Crippen LogP contribution in [0.1, 0.15) is 10.6 Å². The third-order valence-corrected chi connectivity index (χ3v) is 2.63. The molecule has 19 heavy (non-hydrogen) atoms. The summed E-state index contributed by atoms with van der Waals surface area (Å²) >= 11 is 5.95. The molecular weight excluding hydrogens is 272 g/mol. The number of ether oxygens (including phenoxy) is 2. The fourth-order valence-electron chi connectivity index (χ4n) is 1.40. The van der Waals surface area contributed by atoms with Crippen LogP contribution >= 0.6 is 11.6 Å². The van der Waals surface area contributed by atoms with Gasteiger partial charge in [-0.3, -0.25) is 4.79 Å². The van der Waals surface area contributed by atoms with Crippen LogP contribution in [-0.4, -0.2) is 25.3 Å². The largest absolute Gasteiger partial charge is 0.495 e. The summed E-state index contributed by atoms with van der Waals surface area (Å²) in [5.41, 5.74) is 0.520. The molecule has 0 aliphatic rings. The van der Waals surface area contributed by atoms with E-state index in [1.165, 1.54) is 20.3 Å². The number of rotatable bonds is 4. The molecule has 2 rings (SSSR count). The maximum atomic E-state index is 11.8. The molecule has 0 bridgehead atoms. The summed E-state index contributed by atoms with van der Waals surface area (Å²) < 4.78 is 14.7. The van der Waals surface area contributed by atoms with E-state index < -0.39 is 5.91 Å². The predicted octanol–water partition coefficient (Wildman–Crippen LogP) is 2.60. The second kappa shape index (κ2) is 5.62. The quantitative estimate of drug-likeness (QED) is 0.933. The highest BCUT2D eigenvalue weighted by molar-refractivity contribution is 6.32. The van der Waals surface area contributed by atoms with E-state index in [0.29, 0.717) is 16.5 Å². The number of nitrogens with zero attached hydrogens (tertiary/aromatic N) is 1. The Balaban J connectivity index is 2.12. The van der Waals surface area contributed by atoms with Crippen molar-refractivity contribution in [3.05, 3.63) is 35.0 Å². The minimum Gasteiger partial charge on any atom is -0.495 e. The van der Waals surface area contributed by atoms with Gasteiger partial charge in [-0.15, -0.1) is 0 Å². The van der Waals surface area contributed by atoms with Crippen molar-refractivity contribution in [3.8, 4) is 11.6 Å². The molecule has 0 radical (unpaired) electrons. The van der Waals surface area contributed by atoms with Crippen LogP contribution < -0.4 is 14.8 Å². The average molecular weight is 283 g/mol. The van der Waals surface area contributed by atoms with Crippen LogP contribution in [0.4, 0.5) is 5.69 Å². The first kappa shape index (κ1) is 13.2. The van der Waals surface area contributed by atoms with Gasteiger partial charge in [-0.05, 0) is 23.4 Å². The van der Waals surface area contributed by atoms with Gasteiger partial charge in [-0.25, -0.2) is 0 Å². The van der Waals surface area contributed by atoms with Crippen molar-refractivity contribution in [1.29, 1.82) is 0 Å². The van der Waals surface area contributed by atoms with E-state index >= 15 is 0 Å². The Kier molecular flexibility index (Phi) is 3.91. The number of amides is 1. The lowest BCUT2D eigenvalue weighted by Crippen LogP contribution is -2.10. The molecule has 0 spiro atoms. The topological polar surface area (TPSA) is 73.6 Å². The second-order valence-corrected chi connectivity index (χ2v) is 3.94.